The zero-order valence-electron chi connectivity index (χ0n) is 13.4. The third kappa shape index (κ3) is 2.96. The minimum absolute atomic E-state index is 0.183. The summed E-state index contributed by atoms with van der Waals surface area (Å²) in [7, 11) is 3.31. The molecule has 2 heterocycles. The molecule has 3 rings (SSSR count). The van der Waals surface area contributed by atoms with Gasteiger partial charge in [0.1, 0.15) is 5.82 Å². The maximum atomic E-state index is 14.1. The molecule has 1 aromatic heterocycles. The highest BCUT2D eigenvalue weighted by atomic mass is 79.9. The van der Waals surface area contributed by atoms with E-state index >= 15 is 0 Å². The highest BCUT2D eigenvalue weighted by Gasteiger charge is 2.25. The van der Waals surface area contributed by atoms with Gasteiger partial charge in [-0.15, -0.1) is 0 Å². The molecular formula is C17H17BrFN3O2. The van der Waals surface area contributed by atoms with Crippen molar-refractivity contribution in [1.29, 1.82) is 0 Å². The fourth-order valence-electron chi connectivity index (χ4n) is 2.90. The molecule has 0 spiro atoms. The zero-order chi connectivity index (χ0) is 17.4. The fourth-order valence-corrected chi connectivity index (χ4v) is 3.24. The van der Waals surface area contributed by atoms with Crippen LogP contribution in [0.25, 0.3) is 0 Å². The van der Waals surface area contributed by atoms with E-state index in [1.165, 1.54) is 17.0 Å². The number of nitrogens with zero attached hydrogens (tertiary/aromatic N) is 2. The second-order valence-electron chi connectivity index (χ2n) is 5.92. The van der Waals surface area contributed by atoms with Crippen LogP contribution in [0.1, 0.15) is 22.5 Å². The number of hydrogen-bond acceptors (Lipinski definition) is 3. The number of anilines is 2. The van der Waals surface area contributed by atoms with Gasteiger partial charge in [-0.2, -0.15) is 0 Å². The fraction of sp³-hybridized carbons (Fsp3) is 0.294. The number of fused-ring (bicyclic) bond motifs is 1. The molecule has 0 radical (unpaired) electrons. The molecule has 24 heavy (non-hydrogen) atoms. The first-order chi connectivity index (χ1) is 11.4. The van der Waals surface area contributed by atoms with Gasteiger partial charge in [0.25, 0.3) is 11.5 Å². The highest BCUT2D eigenvalue weighted by Crippen LogP contribution is 2.29. The smallest absolute Gasteiger partial charge is 0.257 e. The standard InChI is InChI=1S/C17H17BrFN3O2/c1-21(2)17(24)16-13(9-15(23)22-7-3-4-14(16)22)20-12-6-5-10(18)8-11(12)19/h5-6,8-9,20H,3-4,7H2,1-2H3. The van der Waals surface area contributed by atoms with E-state index in [-0.39, 0.29) is 17.2 Å². The van der Waals surface area contributed by atoms with Crippen molar-refractivity contribution in [3.63, 3.8) is 0 Å². The summed E-state index contributed by atoms with van der Waals surface area (Å²) < 4.78 is 16.4. The predicted molar refractivity (Wildman–Crippen MR) is 94.4 cm³/mol. The Bertz CT molecular complexity index is 877. The second-order valence-corrected chi connectivity index (χ2v) is 6.84. The summed E-state index contributed by atoms with van der Waals surface area (Å²) in [5.41, 5.74) is 1.51. The molecule has 0 aliphatic carbocycles. The number of carbonyl (C=O) groups excluding carboxylic acids is 1. The van der Waals surface area contributed by atoms with Crippen LogP contribution in [0.5, 0.6) is 0 Å². The first-order valence-electron chi connectivity index (χ1n) is 7.59. The summed E-state index contributed by atoms with van der Waals surface area (Å²) in [6.45, 7) is 0.606. The number of carbonyl (C=O) groups is 1. The van der Waals surface area contributed by atoms with Crippen LogP contribution < -0.4 is 10.9 Å². The molecule has 0 saturated carbocycles. The molecule has 2 aromatic rings. The molecule has 0 bridgehead atoms. The van der Waals surface area contributed by atoms with Crippen LogP contribution in [0.3, 0.4) is 0 Å². The lowest BCUT2D eigenvalue weighted by Crippen LogP contribution is -2.29. The van der Waals surface area contributed by atoms with E-state index in [9.17, 15) is 14.0 Å². The molecule has 0 atom stereocenters. The average molecular weight is 394 g/mol. The molecular weight excluding hydrogens is 377 g/mol. The Balaban J connectivity index is 2.15. The second kappa shape index (κ2) is 6.39. The molecule has 0 unspecified atom stereocenters. The van der Waals surface area contributed by atoms with Crippen molar-refractivity contribution in [3.8, 4) is 0 Å². The number of halogens is 2. The average Bonchev–Trinajstić information content (AvgIpc) is 2.99. The van der Waals surface area contributed by atoms with Crippen molar-refractivity contribution in [1.82, 2.24) is 9.47 Å². The number of hydrogen-bond donors (Lipinski definition) is 1. The lowest BCUT2D eigenvalue weighted by Gasteiger charge is -2.19. The van der Waals surface area contributed by atoms with Crippen molar-refractivity contribution >= 4 is 33.2 Å². The summed E-state index contributed by atoms with van der Waals surface area (Å²) in [5, 5.41) is 2.92. The van der Waals surface area contributed by atoms with Gasteiger partial charge in [-0.1, -0.05) is 15.9 Å². The van der Waals surface area contributed by atoms with E-state index in [4.69, 9.17) is 0 Å². The van der Waals surface area contributed by atoms with Crippen LogP contribution in [0.4, 0.5) is 15.8 Å². The molecule has 1 amide bonds. The lowest BCUT2D eigenvalue weighted by atomic mass is 10.1. The summed E-state index contributed by atoms with van der Waals surface area (Å²) in [6, 6.07) is 5.95. The quantitative estimate of drug-likeness (QED) is 0.871. The van der Waals surface area contributed by atoms with Crippen LogP contribution in [-0.4, -0.2) is 29.5 Å². The van der Waals surface area contributed by atoms with E-state index < -0.39 is 5.82 Å². The van der Waals surface area contributed by atoms with Gasteiger partial charge in [0.05, 0.1) is 16.9 Å². The number of amides is 1. The minimum atomic E-state index is -0.465. The molecule has 0 saturated heterocycles. The van der Waals surface area contributed by atoms with Crippen molar-refractivity contribution in [2.24, 2.45) is 0 Å². The molecule has 1 aliphatic heterocycles. The maximum absolute atomic E-state index is 14.1. The van der Waals surface area contributed by atoms with Gasteiger partial charge in [-0.25, -0.2) is 4.39 Å². The number of rotatable bonds is 3. The highest BCUT2D eigenvalue weighted by molar-refractivity contribution is 9.10. The SMILES string of the molecule is CN(C)C(=O)c1c(Nc2ccc(Br)cc2F)cc(=O)n2c1CCC2. The van der Waals surface area contributed by atoms with Gasteiger partial charge in [-0.3, -0.25) is 9.59 Å². The van der Waals surface area contributed by atoms with Crippen LogP contribution >= 0.6 is 15.9 Å². The van der Waals surface area contributed by atoms with E-state index in [1.54, 1.807) is 30.8 Å². The number of nitrogens with one attached hydrogen (secondary N) is 1. The largest absolute Gasteiger partial charge is 0.352 e. The first-order valence-corrected chi connectivity index (χ1v) is 8.38. The zero-order valence-corrected chi connectivity index (χ0v) is 15.0. The third-order valence-corrected chi connectivity index (χ3v) is 4.53. The summed E-state index contributed by atoms with van der Waals surface area (Å²) in [6.07, 6.45) is 1.47. The van der Waals surface area contributed by atoms with Crippen molar-refractivity contribution in [2.45, 2.75) is 19.4 Å². The van der Waals surface area contributed by atoms with E-state index in [2.05, 4.69) is 21.2 Å². The molecule has 1 aliphatic rings. The monoisotopic (exact) mass is 393 g/mol. The van der Waals surface area contributed by atoms with Crippen LogP contribution in [0, 0.1) is 5.82 Å². The number of aromatic nitrogens is 1. The maximum Gasteiger partial charge on any atom is 0.257 e. The van der Waals surface area contributed by atoms with Gasteiger partial charge < -0.3 is 14.8 Å². The molecule has 1 aromatic carbocycles. The van der Waals surface area contributed by atoms with Crippen LogP contribution in [0.2, 0.25) is 0 Å². The van der Waals surface area contributed by atoms with Gasteiger partial charge >= 0.3 is 0 Å². The lowest BCUT2D eigenvalue weighted by molar-refractivity contribution is 0.0827. The topological polar surface area (TPSA) is 54.3 Å². The summed E-state index contributed by atoms with van der Waals surface area (Å²) >= 11 is 3.21. The van der Waals surface area contributed by atoms with Gasteiger partial charge in [0.2, 0.25) is 0 Å². The third-order valence-electron chi connectivity index (χ3n) is 4.03. The molecule has 1 N–H and O–H groups in total. The Kier molecular flexibility index (Phi) is 4.45. The van der Waals surface area contributed by atoms with Gasteiger partial charge in [-0.05, 0) is 31.0 Å². The molecule has 126 valence electrons. The normalized spacial score (nSPS) is 12.8. The Labute approximate surface area is 147 Å². The van der Waals surface area contributed by atoms with Crippen molar-refractivity contribution < 1.29 is 9.18 Å². The van der Waals surface area contributed by atoms with Crippen molar-refractivity contribution in [2.75, 3.05) is 19.4 Å². The Morgan fingerprint density at radius 3 is 2.71 bits per heavy atom. The van der Waals surface area contributed by atoms with E-state index in [0.29, 0.717) is 34.4 Å². The van der Waals surface area contributed by atoms with Crippen molar-refractivity contribution in [3.05, 3.63) is 56.2 Å². The van der Waals surface area contributed by atoms with Gasteiger partial charge in [0, 0.05) is 36.9 Å². The van der Waals surface area contributed by atoms with E-state index in [1.807, 2.05) is 0 Å². The number of benzene rings is 1. The number of pyridine rings is 1. The first kappa shape index (κ1) is 16.7. The summed E-state index contributed by atoms with van der Waals surface area (Å²) in [5.74, 6) is -0.672. The van der Waals surface area contributed by atoms with E-state index in [0.717, 1.165) is 6.42 Å². The molecule has 5 nitrogen and oxygen atoms in total. The van der Waals surface area contributed by atoms with Gasteiger partial charge in [0.15, 0.2) is 0 Å². The molecule has 7 heteroatoms. The predicted octanol–water partition coefficient (Wildman–Crippen LogP) is 3.14. The Morgan fingerprint density at radius 1 is 1.29 bits per heavy atom. The Morgan fingerprint density at radius 2 is 2.04 bits per heavy atom. The van der Waals surface area contributed by atoms with Crippen LogP contribution in [0.15, 0.2) is 33.5 Å². The summed E-state index contributed by atoms with van der Waals surface area (Å²) in [4.78, 5) is 26.4. The van der Waals surface area contributed by atoms with Crippen LogP contribution in [-0.2, 0) is 13.0 Å². The molecule has 0 fully saturated rings. The minimum Gasteiger partial charge on any atom is -0.352 e. The Hall–Kier alpha value is -2.15.